The van der Waals surface area contributed by atoms with Crippen LogP contribution in [0.5, 0.6) is 0 Å². The van der Waals surface area contributed by atoms with Gasteiger partial charge in [-0.25, -0.2) is 4.98 Å². The number of benzene rings is 1. The monoisotopic (exact) mass is 347 g/mol. The lowest BCUT2D eigenvalue weighted by Gasteiger charge is -2.06. The summed E-state index contributed by atoms with van der Waals surface area (Å²) in [4.78, 5) is 29.7. The Labute approximate surface area is 149 Å². The van der Waals surface area contributed by atoms with E-state index in [-0.39, 0.29) is 5.69 Å². The first-order chi connectivity index (χ1) is 12.5. The highest BCUT2D eigenvalue weighted by molar-refractivity contribution is 6.04. The molecule has 26 heavy (non-hydrogen) atoms. The Morgan fingerprint density at radius 2 is 2.19 bits per heavy atom. The number of rotatable bonds is 4. The summed E-state index contributed by atoms with van der Waals surface area (Å²) in [5, 5.41) is 12.9. The molecule has 1 amide bonds. The molecule has 3 rings (SSSR count). The smallest absolute Gasteiger partial charge is 0.274 e. The molecule has 2 heterocycles. The molecule has 0 aliphatic rings. The van der Waals surface area contributed by atoms with E-state index in [1.54, 1.807) is 18.3 Å². The van der Waals surface area contributed by atoms with Gasteiger partial charge in [0, 0.05) is 35.4 Å². The number of H-pyrrole nitrogens is 1. The van der Waals surface area contributed by atoms with E-state index in [9.17, 15) is 14.9 Å². The number of aromatic nitrogens is 3. The molecule has 1 aromatic carbocycles. The van der Waals surface area contributed by atoms with E-state index < -0.39 is 11.5 Å². The molecular weight excluding hydrogens is 330 g/mol. The normalized spacial score (nSPS) is 10.3. The number of hydrogen-bond donors (Lipinski definition) is 2. The summed E-state index contributed by atoms with van der Waals surface area (Å²) in [6.45, 7) is 4.71. The first-order valence-corrected chi connectivity index (χ1v) is 8.00. The maximum Gasteiger partial charge on any atom is 0.274 e. The summed E-state index contributed by atoms with van der Waals surface area (Å²) in [6, 6.07) is 8.68. The molecular formula is C19H17N5O2. The number of hydrogen-bond acceptors (Lipinski definition) is 4. The van der Waals surface area contributed by atoms with Crippen LogP contribution in [0.4, 0.5) is 5.69 Å². The van der Waals surface area contributed by atoms with Crippen molar-refractivity contribution in [2.45, 2.75) is 20.4 Å². The van der Waals surface area contributed by atoms with Crippen LogP contribution in [-0.2, 0) is 6.54 Å². The zero-order valence-electron chi connectivity index (χ0n) is 14.4. The van der Waals surface area contributed by atoms with Crippen molar-refractivity contribution in [2.24, 2.45) is 0 Å². The Hall–Kier alpha value is -3.66. The van der Waals surface area contributed by atoms with Crippen molar-refractivity contribution >= 4 is 22.5 Å². The van der Waals surface area contributed by atoms with Crippen molar-refractivity contribution in [1.82, 2.24) is 14.5 Å². The SMILES string of the molecule is CC(C)=CCn1cc(C#N)c2cc(NC(=O)c3cc(=O)[nH]cn3)ccc21. The zero-order chi connectivity index (χ0) is 18.7. The van der Waals surface area contributed by atoms with Crippen LogP contribution >= 0.6 is 0 Å². The number of nitrogens with zero attached hydrogens (tertiary/aromatic N) is 3. The second-order valence-electron chi connectivity index (χ2n) is 6.07. The van der Waals surface area contributed by atoms with Crippen LogP contribution in [0.2, 0.25) is 0 Å². The van der Waals surface area contributed by atoms with Gasteiger partial charge < -0.3 is 14.9 Å². The van der Waals surface area contributed by atoms with E-state index in [1.807, 2.05) is 24.5 Å². The lowest BCUT2D eigenvalue weighted by atomic mass is 10.1. The Kier molecular flexibility index (Phi) is 4.67. The third kappa shape index (κ3) is 3.54. The summed E-state index contributed by atoms with van der Waals surface area (Å²) in [5.74, 6) is -0.488. The summed E-state index contributed by atoms with van der Waals surface area (Å²) < 4.78 is 1.99. The highest BCUT2D eigenvalue weighted by Crippen LogP contribution is 2.25. The fourth-order valence-electron chi connectivity index (χ4n) is 2.58. The molecule has 0 spiro atoms. The summed E-state index contributed by atoms with van der Waals surface area (Å²) in [7, 11) is 0. The predicted molar refractivity (Wildman–Crippen MR) is 98.9 cm³/mol. The number of carbonyl (C=O) groups excluding carboxylic acids is 1. The van der Waals surface area contributed by atoms with Gasteiger partial charge in [-0.15, -0.1) is 0 Å². The minimum absolute atomic E-state index is 0.0236. The molecule has 3 aromatic rings. The van der Waals surface area contributed by atoms with Gasteiger partial charge in [0.25, 0.3) is 11.5 Å². The van der Waals surface area contributed by atoms with E-state index in [1.165, 1.54) is 11.9 Å². The van der Waals surface area contributed by atoms with Crippen LogP contribution in [0.15, 0.2) is 53.2 Å². The predicted octanol–water partition coefficient (Wildman–Crippen LogP) is 2.81. The number of nitrogens with one attached hydrogen (secondary N) is 2. The topological polar surface area (TPSA) is 104 Å². The number of carbonyl (C=O) groups is 1. The molecule has 2 N–H and O–H groups in total. The van der Waals surface area contributed by atoms with Crippen molar-refractivity contribution in [3.8, 4) is 6.07 Å². The van der Waals surface area contributed by atoms with Crippen molar-refractivity contribution < 1.29 is 4.79 Å². The summed E-state index contributed by atoms with van der Waals surface area (Å²) in [5.41, 5.74) is 2.79. The minimum Gasteiger partial charge on any atom is -0.342 e. The first kappa shape index (κ1) is 17.2. The van der Waals surface area contributed by atoms with Crippen LogP contribution in [0, 0.1) is 11.3 Å². The number of aromatic amines is 1. The van der Waals surface area contributed by atoms with Gasteiger partial charge in [0.05, 0.1) is 11.9 Å². The van der Waals surface area contributed by atoms with Crippen molar-refractivity contribution in [1.29, 1.82) is 5.26 Å². The van der Waals surface area contributed by atoms with Crippen LogP contribution in [0.25, 0.3) is 10.9 Å². The first-order valence-electron chi connectivity index (χ1n) is 8.00. The average molecular weight is 347 g/mol. The molecule has 0 aliphatic heterocycles. The van der Waals surface area contributed by atoms with Gasteiger partial charge in [0.2, 0.25) is 0 Å². The van der Waals surface area contributed by atoms with Crippen molar-refractivity contribution in [2.75, 3.05) is 5.32 Å². The molecule has 130 valence electrons. The second kappa shape index (κ2) is 7.07. The summed E-state index contributed by atoms with van der Waals surface area (Å²) in [6.07, 6.45) is 5.06. The fourth-order valence-corrected chi connectivity index (χ4v) is 2.58. The van der Waals surface area contributed by atoms with Gasteiger partial charge >= 0.3 is 0 Å². The average Bonchev–Trinajstić information content (AvgIpc) is 2.97. The van der Waals surface area contributed by atoms with Gasteiger partial charge in [0.1, 0.15) is 11.8 Å². The molecule has 0 aliphatic carbocycles. The molecule has 0 fully saturated rings. The molecule has 0 saturated heterocycles. The molecule has 0 bridgehead atoms. The van der Waals surface area contributed by atoms with E-state index in [4.69, 9.17) is 0 Å². The highest BCUT2D eigenvalue weighted by Gasteiger charge is 2.12. The quantitative estimate of drug-likeness (QED) is 0.708. The van der Waals surface area contributed by atoms with Crippen molar-refractivity contribution in [3.05, 3.63) is 70.0 Å². The van der Waals surface area contributed by atoms with Gasteiger partial charge in [-0.05, 0) is 32.0 Å². The molecule has 0 unspecified atom stereocenters. The van der Waals surface area contributed by atoms with E-state index in [0.29, 0.717) is 17.8 Å². The third-order valence-electron chi connectivity index (χ3n) is 3.87. The third-order valence-corrected chi connectivity index (χ3v) is 3.87. The molecule has 7 nitrogen and oxygen atoms in total. The number of amides is 1. The van der Waals surface area contributed by atoms with Gasteiger partial charge in [-0.1, -0.05) is 11.6 Å². The van der Waals surface area contributed by atoms with Crippen LogP contribution in [0.3, 0.4) is 0 Å². The van der Waals surface area contributed by atoms with Crippen molar-refractivity contribution in [3.63, 3.8) is 0 Å². The molecule has 7 heteroatoms. The van der Waals surface area contributed by atoms with Gasteiger partial charge in [-0.3, -0.25) is 9.59 Å². The number of allylic oxidation sites excluding steroid dienone is 2. The largest absolute Gasteiger partial charge is 0.342 e. The highest BCUT2D eigenvalue weighted by atomic mass is 16.2. The Bertz CT molecular complexity index is 1110. The molecule has 0 atom stereocenters. The van der Waals surface area contributed by atoms with Gasteiger partial charge in [0.15, 0.2) is 0 Å². The number of fused-ring (bicyclic) bond motifs is 1. The van der Waals surface area contributed by atoms with E-state index in [0.717, 1.165) is 17.0 Å². The molecule has 0 radical (unpaired) electrons. The zero-order valence-corrected chi connectivity index (χ0v) is 14.4. The van der Waals surface area contributed by atoms with Crippen LogP contribution < -0.4 is 10.9 Å². The number of anilines is 1. The minimum atomic E-state index is -0.488. The van der Waals surface area contributed by atoms with E-state index >= 15 is 0 Å². The summed E-state index contributed by atoms with van der Waals surface area (Å²) >= 11 is 0. The lowest BCUT2D eigenvalue weighted by molar-refractivity contribution is 0.102. The molecule has 0 saturated carbocycles. The maximum absolute atomic E-state index is 12.2. The fraction of sp³-hybridized carbons (Fsp3) is 0.158. The van der Waals surface area contributed by atoms with E-state index in [2.05, 4.69) is 27.4 Å². The Morgan fingerprint density at radius 3 is 2.88 bits per heavy atom. The van der Waals surface area contributed by atoms with Crippen LogP contribution in [-0.4, -0.2) is 20.4 Å². The lowest BCUT2D eigenvalue weighted by Crippen LogP contribution is -2.17. The number of nitriles is 1. The Balaban J connectivity index is 1.94. The van der Waals surface area contributed by atoms with Crippen LogP contribution in [0.1, 0.15) is 29.9 Å². The Morgan fingerprint density at radius 1 is 1.38 bits per heavy atom. The maximum atomic E-state index is 12.2. The second-order valence-corrected chi connectivity index (χ2v) is 6.07. The molecule has 2 aromatic heterocycles. The standard InChI is InChI=1S/C19H17N5O2/c1-12(2)5-6-24-10-13(9-20)15-7-14(3-4-17(15)24)23-19(26)16-8-18(25)22-11-21-16/h3-5,7-8,10-11H,6H2,1-2H3,(H,23,26)(H,21,22,25). The van der Waals surface area contributed by atoms with Gasteiger partial charge in [-0.2, -0.15) is 5.26 Å².